The molecule has 0 spiro atoms. The number of carbonyl (C=O) groups is 3. The summed E-state index contributed by atoms with van der Waals surface area (Å²) in [5.74, 6) is -1.05. The van der Waals surface area contributed by atoms with Crippen molar-refractivity contribution < 1.29 is 24.2 Å². The number of anilines is 1. The van der Waals surface area contributed by atoms with Gasteiger partial charge in [-0.2, -0.15) is 0 Å². The maximum absolute atomic E-state index is 11.9. The third-order valence-corrected chi connectivity index (χ3v) is 3.00. The van der Waals surface area contributed by atoms with E-state index < -0.39 is 12.6 Å². The molecule has 0 bridgehead atoms. The van der Waals surface area contributed by atoms with Gasteiger partial charge in [0.1, 0.15) is 5.75 Å². The first-order chi connectivity index (χ1) is 9.47. The predicted molar refractivity (Wildman–Crippen MR) is 70.5 cm³/mol. The van der Waals surface area contributed by atoms with Crippen LogP contribution in [0.2, 0.25) is 0 Å². The zero-order valence-electron chi connectivity index (χ0n) is 11.0. The highest BCUT2D eigenvalue weighted by atomic mass is 16.5. The molecule has 1 saturated heterocycles. The minimum Gasteiger partial charge on any atom is -0.482 e. The maximum Gasteiger partial charge on any atom is 0.341 e. The Balaban J connectivity index is 2.11. The van der Waals surface area contributed by atoms with Crippen LogP contribution in [0, 0.1) is 5.92 Å². The van der Waals surface area contributed by atoms with E-state index in [0.717, 1.165) is 0 Å². The van der Waals surface area contributed by atoms with Crippen LogP contribution in [0.4, 0.5) is 5.69 Å². The largest absolute Gasteiger partial charge is 0.482 e. The lowest BCUT2D eigenvalue weighted by Crippen LogP contribution is -2.42. The van der Waals surface area contributed by atoms with Crippen molar-refractivity contribution in [2.75, 3.05) is 11.5 Å². The Morgan fingerprint density at radius 2 is 1.80 bits per heavy atom. The summed E-state index contributed by atoms with van der Waals surface area (Å²) in [6.07, 6.45) is 0.700. The second-order valence-corrected chi connectivity index (χ2v) is 4.81. The van der Waals surface area contributed by atoms with Crippen molar-refractivity contribution in [1.82, 2.24) is 0 Å². The second kappa shape index (κ2) is 5.73. The number of amides is 2. The van der Waals surface area contributed by atoms with Gasteiger partial charge in [-0.15, -0.1) is 0 Å². The molecule has 1 aromatic rings. The number of aliphatic carboxylic acids is 1. The SMILES string of the molecule is CC1CC(=O)N(c2ccc(OCC(=O)O)cc2)C(=O)C1. The van der Waals surface area contributed by atoms with E-state index in [4.69, 9.17) is 9.84 Å². The van der Waals surface area contributed by atoms with E-state index in [1.807, 2.05) is 6.92 Å². The van der Waals surface area contributed by atoms with Gasteiger partial charge in [-0.25, -0.2) is 4.79 Å². The third kappa shape index (κ3) is 3.14. The molecule has 1 aromatic carbocycles. The van der Waals surface area contributed by atoms with Crippen LogP contribution in [0.1, 0.15) is 19.8 Å². The summed E-state index contributed by atoms with van der Waals surface area (Å²) in [6.45, 7) is 1.44. The molecule has 0 aliphatic carbocycles. The Hall–Kier alpha value is -2.37. The fourth-order valence-corrected chi connectivity index (χ4v) is 2.11. The van der Waals surface area contributed by atoms with Gasteiger partial charge in [0.2, 0.25) is 11.8 Å². The van der Waals surface area contributed by atoms with E-state index >= 15 is 0 Å². The Labute approximate surface area is 115 Å². The van der Waals surface area contributed by atoms with Crippen LogP contribution >= 0.6 is 0 Å². The number of nitrogens with zero attached hydrogens (tertiary/aromatic N) is 1. The van der Waals surface area contributed by atoms with Gasteiger partial charge >= 0.3 is 5.97 Å². The number of carbonyl (C=O) groups excluding carboxylic acids is 2. The quantitative estimate of drug-likeness (QED) is 0.842. The molecule has 0 saturated carbocycles. The molecule has 1 aliphatic rings. The summed E-state index contributed by atoms with van der Waals surface area (Å²) >= 11 is 0. The average Bonchev–Trinajstić information content (AvgIpc) is 2.36. The van der Waals surface area contributed by atoms with Crippen LogP contribution in [-0.2, 0) is 14.4 Å². The van der Waals surface area contributed by atoms with Crippen LogP contribution in [0.5, 0.6) is 5.75 Å². The lowest BCUT2D eigenvalue weighted by molar-refractivity contribution is -0.139. The third-order valence-electron chi connectivity index (χ3n) is 3.00. The molecule has 1 N–H and O–H groups in total. The predicted octanol–water partition coefficient (Wildman–Crippen LogP) is 1.44. The normalized spacial score (nSPS) is 16.4. The molecule has 0 aromatic heterocycles. The lowest BCUT2D eigenvalue weighted by atomic mass is 9.97. The van der Waals surface area contributed by atoms with Gasteiger partial charge in [0.15, 0.2) is 6.61 Å². The van der Waals surface area contributed by atoms with Crippen LogP contribution in [0.3, 0.4) is 0 Å². The molecule has 1 heterocycles. The molecule has 0 unspecified atom stereocenters. The van der Waals surface area contributed by atoms with E-state index in [0.29, 0.717) is 24.3 Å². The molecular formula is C14H15NO5. The monoisotopic (exact) mass is 277 g/mol. The van der Waals surface area contributed by atoms with Crippen molar-refractivity contribution in [1.29, 1.82) is 0 Å². The molecule has 106 valence electrons. The number of carboxylic acids is 1. The van der Waals surface area contributed by atoms with Crippen molar-refractivity contribution in [2.45, 2.75) is 19.8 Å². The van der Waals surface area contributed by atoms with E-state index in [1.165, 1.54) is 17.0 Å². The van der Waals surface area contributed by atoms with Crippen molar-refractivity contribution >= 4 is 23.5 Å². The summed E-state index contributed by atoms with van der Waals surface area (Å²) in [5.41, 5.74) is 0.481. The van der Waals surface area contributed by atoms with E-state index in [-0.39, 0.29) is 17.7 Å². The number of imide groups is 1. The standard InChI is InChI=1S/C14H15NO5/c1-9-6-12(16)15(13(17)7-9)10-2-4-11(5-3-10)20-8-14(18)19/h2-5,9H,6-8H2,1H3,(H,18,19). The Bertz CT molecular complexity index is 519. The minimum absolute atomic E-state index is 0.0735. The maximum atomic E-state index is 11.9. The summed E-state index contributed by atoms with van der Waals surface area (Å²) in [4.78, 5) is 35.4. The van der Waals surface area contributed by atoms with Gasteiger partial charge in [0.25, 0.3) is 0 Å². The number of rotatable bonds is 4. The first-order valence-electron chi connectivity index (χ1n) is 6.28. The van der Waals surface area contributed by atoms with Gasteiger partial charge in [-0.05, 0) is 30.2 Å². The summed E-state index contributed by atoms with van der Waals surface area (Å²) in [5, 5.41) is 8.50. The zero-order chi connectivity index (χ0) is 14.7. The highest BCUT2D eigenvalue weighted by Gasteiger charge is 2.31. The Morgan fingerprint density at radius 3 is 2.30 bits per heavy atom. The molecule has 2 rings (SSSR count). The molecule has 2 amide bonds. The summed E-state index contributed by atoms with van der Waals surface area (Å²) in [6, 6.07) is 6.22. The van der Waals surface area contributed by atoms with Crippen molar-refractivity contribution in [3.63, 3.8) is 0 Å². The highest BCUT2D eigenvalue weighted by molar-refractivity contribution is 6.16. The van der Waals surface area contributed by atoms with Gasteiger partial charge < -0.3 is 9.84 Å². The minimum atomic E-state index is -1.07. The van der Waals surface area contributed by atoms with Crippen LogP contribution in [0.15, 0.2) is 24.3 Å². The molecule has 1 fully saturated rings. The van der Waals surface area contributed by atoms with Gasteiger partial charge in [0.05, 0.1) is 5.69 Å². The smallest absolute Gasteiger partial charge is 0.341 e. The Kier molecular flexibility index (Phi) is 4.02. The average molecular weight is 277 g/mol. The van der Waals surface area contributed by atoms with Crippen molar-refractivity contribution in [2.24, 2.45) is 5.92 Å². The summed E-state index contributed by atoms with van der Waals surface area (Å²) in [7, 11) is 0. The van der Waals surface area contributed by atoms with Gasteiger partial charge in [-0.1, -0.05) is 6.92 Å². The fourth-order valence-electron chi connectivity index (χ4n) is 2.11. The van der Waals surface area contributed by atoms with Crippen LogP contribution in [-0.4, -0.2) is 29.5 Å². The topological polar surface area (TPSA) is 83.9 Å². The lowest BCUT2D eigenvalue weighted by Gasteiger charge is -2.28. The van der Waals surface area contributed by atoms with Gasteiger partial charge in [-0.3, -0.25) is 14.5 Å². The summed E-state index contributed by atoms with van der Waals surface area (Å²) < 4.78 is 4.99. The van der Waals surface area contributed by atoms with Crippen LogP contribution in [0.25, 0.3) is 0 Å². The van der Waals surface area contributed by atoms with E-state index in [2.05, 4.69) is 0 Å². The zero-order valence-corrected chi connectivity index (χ0v) is 11.0. The Morgan fingerprint density at radius 1 is 1.25 bits per heavy atom. The first kappa shape index (κ1) is 14.0. The van der Waals surface area contributed by atoms with E-state index in [9.17, 15) is 14.4 Å². The number of carboxylic acid groups (broad SMARTS) is 1. The molecule has 0 radical (unpaired) electrons. The molecule has 6 nitrogen and oxygen atoms in total. The second-order valence-electron chi connectivity index (χ2n) is 4.81. The van der Waals surface area contributed by atoms with Crippen LogP contribution < -0.4 is 9.64 Å². The van der Waals surface area contributed by atoms with Crippen molar-refractivity contribution in [3.8, 4) is 5.75 Å². The number of piperidine rings is 1. The fraction of sp³-hybridized carbons (Fsp3) is 0.357. The highest BCUT2D eigenvalue weighted by Crippen LogP contribution is 2.26. The number of hydrogen-bond acceptors (Lipinski definition) is 4. The molecule has 0 atom stereocenters. The molecule has 1 aliphatic heterocycles. The number of hydrogen-bond donors (Lipinski definition) is 1. The molecular weight excluding hydrogens is 262 g/mol. The van der Waals surface area contributed by atoms with E-state index in [1.54, 1.807) is 12.1 Å². The number of benzene rings is 1. The molecule has 20 heavy (non-hydrogen) atoms. The molecule has 6 heteroatoms. The van der Waals surface area contributed by atoms with Crippen molar-refractivity contribution in [3.05, 3.63) is 24.3 Å². The van der Waals surface area contributed by atoms with Gasteiger partial charge in [0, 0.05) is 12.8 Å². The first-order valence-corrected chi connectivity index (χ1v) is 6.28. The number of ether oxygens (including phenoxy) is 1.